The average molecular weight is 215 g/mol. The van der Waals surface area contributed by atoms with Gasteiger partial charge in [0.05, 0.1) is 0 Å². The van der Waals surface area contributed by atoms with E-state index in [1.165, 1.54) is 0 Å². The Bertz CT molecular complexity index is 502. The highest BCUT2D eigenvalue weighted by atomic mass is 16.1. The SMILES string of the molecule is Cn1cc(N)nc1C(=O)Cc1ccccc1. The van der Waals surface area contributed by atoms with Crippen LogP contribution in [0.2, 0.25) is 0 Å². The number of Topliss-reactive ketones (excluding diaryl/α,β-unsaturated/α-hetero) is 1. The number of nitrogens with zero attached hydrogens (tertiary/aromatic N) is 2. The molecule has 0 unspecified atom stereocenters. The molecule has 2 aromatic rings. The summed E-state index contributed by atoms with van der Waals surface area (Å²) >= 11 is 0. The smallest absolute Gasteiger partial charge is 0.202 e. The first kappa shape index (κ1) is 10.4. The number of carbonyl (C=O) groups is 1. The summed E-state index contributed by atoms with van der Waals surface area (Å²) in [6.07, 6.45) is 1.99. The quantitative estimate of drug-likeness (QED) is 0.788. The van der Waals surface area contributed by atoms with Gasteiger partial charge in [-0.3, -0.25) is 4.79 Å². The van der Waals surface area contributed by atoms with Crippen molar-refractivity contribution in [2.75, 3.05) is 5.73 Å². The normalized spacial score (nSPS) is 10.3. The molecular formula is C12H13N3O. The van der Waals surface area contributed by atoms with Crippen LogP contribution in [0, 0.1) is 0 Å². The lowest BCUT2D eigenvalue weighted by Crippen LogP contribution is -2.10. The molecule has 0 aliphatic heterocycles. The number of nitrogens with two attached hydrogens (primary N) is 1. The Morgan fingerprint density at radius 2 is 2.06 bits per heavy atom. The summed E-state index contributed by atoms with van der Waals surface area (Å²) in [5.74, 6) is 0.755. The molecule has 82 valence electrons. The zero-order chi connectivity index (χ0) is 11.5. The predicted octanol–water partition coefficient (Wildman–Crippen LogP) is 1.43. The van der Waals surface area contributed by atoms with Gasteiger partial charge >= 0.3 is 0 Å². The van der Waals surface area contributed by atoms with Gasteiger partial charge in [0.1, 0.15) is 5.82 Å². The number of hydrogen-bond donors (Lipinski definition) is 1. The van der Waals surface area contributed by atoms with E-state index in [0.717, 1.165) is 5.56 Å². The number of nitrogen functional groups attached to an aromatic ring is 1. The summed E-state index contributed by atoms with van der Waals surface area (Å²) in [5.41, 5.74) is 6.51. The van der Waals surface area contributed by atoms with E-state index in [9.17, 15) is 4.79 Å². The van der Waals surface area contributed by atoms with Gasteiger partial charge in [0.15, 0.2) is 5.82 Å². The van der Waals surface area contributed by atoms with Crippen molar-refractivity contribution >= 4 is 11.6 Å². The highest BCUT2D eigenvalue weighted by Crippen LogP contribution is 2.08. The van der Waals surface area contributed by atoms with Crippen LogP contribution in [0.5, 0.6) is 0 Å². The van der Waals surface area contributed by atoms with Gasteiger partial charge in [-0.25, -0.2) is 4.98 Å². The van der Waals surface area contributed by atoms with Gasteiger partial charge in [-0.15, -0.1) is 0 Å². The third-order valence-corrected chi connectivity index (χ3v) is 2.35. The van der Waals surface area contributed by atoms with Crippen molar-refractivity contribution in [2.24, 2.45) is 7.05 Å². The molecule has 0 atom stereocenters. The summed E-state index contributed by atoms with van der Waals surface area (Å²) in [6, 6.07) is 9.59. The van der Waals surface area contributed by atoms with E-state index >= 15 is 0 Å². The number of aromatic nitrogens is 2. The zero-order valence-corrected chi connectivity index (χ0v) is 9.05. The van der Waals surface area contributed by atoms with Gasteiger partial charge in [-0.2, -0.15) is 0 Å². The summed E-state index contributed by atoms with van der Waals surface area (Å²) in [4.78, 5) is 15.9. The fraction of sp³-hybridized carbons (Fsp3) is 0.167. The molecule has 1 aromatic carbocycles. The van der Waals surface area contributed by atoms with E-state index in [1.54, 1.807) is 17.8 Å². The van der Waals surface area contributed by atoms with Gasteiger partial charge in [-0.05, 0) is 5.56 Å². The first-order valence-electron chi connectivity index (χ1n) is 5.03. The molecule has 0 spiro atoms. The summed E-state index contributed by atoms with van der Waals surface area (Å²) < 4.78 is 1.65. The molecule has 1 heterocycles. The zero-order valence-electron chi connectivity index (χ0n) is 9.05. The maximum Gasteiger partial charge on any atom is 0.202 e. The van der Waals surface area contributed by atoms with Crippen molar-refractivity contribution in [3.05, 3.63) is 47.9 Å². The van der Waals surface area contributed by atoms with Crippen LogP contribution >= 0.6 is 0 Å². The van der Waals surface area contributed by atoms with Gasteiger partial charge in [0, 0.05) is 19.7 Å². The predicted molar refractivity (Wildman–Crippen MR) is 62.1 cm³/mol. The van der Waals surface area contributed by atoms with Crippen LogP contribution in [-0.2, 0) is 13.5 Å². The Morgan fingerprint density at radius 1 is 1.38 bits per heavy atom. The number of imidazole rings is 1. The number of anilines is 1. The Labute approximate surface area is 93.7 Å². The summed E-state index contributed by atoms with van der Waals surface area (Å²) in [5, 5.41) is 0. The average Bonchev–Trinajstić information content (AvgIpc) is 2.59. The standard InChI is InChI=1S/C12H13N3O/c1-15-8-11(13)14-12(15)10(16)7-9-5-3-2-4-6-9/h2-6,8H,7,13H2,1H3. The van der Waals surface area contributed by atoms with Crippen molar-refractivity contribution < 1.29 is 4.79 Å². The van der Waals surface area contributed by atoms with Crippen molar-refractivity contribution in [1.82, 2.24) is 9.55 Å². The lowest BCUT2D eigenvalue weighted by atomic mass is 10.1. The molecule has 1 aromatic heterocycles. The lowest BCUT2D eigenvalue weighted by molar-refractivity contribution is 0.0980. The van der Waals surface area contributed by atoms with E-state index in [4.69, 9.17) is 5.73 Å². The van der Waals surface area contributed by atoms with Crippen LogP contribution in [0.4, 0.5) is 5.82 Å². The van der Waals surface area contributed by atoms with Crippen molar-refractivity contribution in [3.63, 3.8) is 0 Å². The largest absolute Gasteiger partial charge is 0.382 e. The van der Waals surface area contributed by atoms with Crippen LogP contribution in [-0.4, -0.2) is 15.3 Å². The molecule has 0 radical (unpaired) electrons. The second kappa shape index (κ2) is 4.18. The number of aryl methyl sites for hydroxylation is 1. The molecule has 0 bridgehead atoms. The van der Waals surface area contributed by atoms with Crippen LogP contribution in [0.1, 0.15) is 16.2 Å². The number of rotatable bonds is 3. The minimum absolute atomic E-state index is 0.0228. The maximum absolute atomic E-state index is 11.9. The van der Waals surface area contributed by atoms with Crippen LogP contribution in [0.15, 0.2) is 36.5 Å². The fourth-order valence-corrected chi connectivity index (χ4v) is 1.61. The molecule has 4 heteroatoms. The topological polar surface area (TPSA) is 60.9 Å². The highest BCUT2D eigenvalue weighted by Gasteiger charge is 2.13. The van der Waals surface area contributed by atoms with E-state index in [2.05, 4.69) is 4.98 Å². The minimum atomic E-state index is -0.0228. The summed E-state index contributed by atoms with van der Waals surface area (Å²) in [6.45, 7) is 0. The fourth-order valence-electron chi connectivity index (χ4n) is 1.61. The van der Waals surface area contributed by atoms with Gasteiger partial charge in [-0.1, -0.05) is 30.3 Å². The highest BCUT2D eigenvalue weighted by molar-refractivity contribution is 5.94. The molecule has 2 rings (SSSR count). The van der Waals surface area contributed by atoms with Crippen molar-refractivity contribution in [1.29, 1.82) is 0 Å². The second-order valence-corrected chi connectivity index (χ2v) is 3.69. The third kappa shape index (κ3) is 2.11. The van der Waals surface area contributed by atoms with E-state index in [1.807, 2.05) is 30.3 Å². The number of carbonyl (C=O) groups excluding carboxylic acids is 1. The number of benzene rings is 1. The molecule has 0 aliphatic rings. The third-order valence-electron chi connectivity index (χ3n) is 2.35. The molecule has 2 N–H and O–H groups in total. The Kier molecular flexibility index (Phi) is 2.72. The number of ketones is 1. The number of hydrogen-bond acceptors (Lipinski definition) is 3. The van der Waals surface area contributed by atoms with Crippen molar-refractivity contribution in [3.8, 4) is 0 Å². The molecular weight excluding hydrogens is 202 g/mol. The summed E-state index contributed by atoms with van der Waals surface area (Å²) in [7, 11) is 1.77. The first-order valence-corrected chi connectivity index (χ1v) is 5.03. The molecule has 0 saturated heterocycles. The van der Waals surface area contributed by atoms with Crippen LogP contribution < -0.4 is 5.73 Å². The molecule has 4 nitrogen and oxygen atoms in total. The van der Waals surface area contributed by atoms with Crippen LogP contribution in [0.3, 0.4) is 0 Å². The first-order chi connectivity index (χ1) is 7.66. The Morgan fingerprint density at radius 3 is 2.62 bits per heavy atom. The van der Waals surface area contributed by atoms with Gasteiger partial charge in [0.2, 0.25) is 5.78 Å². The lowest BCUT2D eigenvalue weighted by Gasteiger charge is -2.00. The van der Waals surface area contributed by atoms with Gasteiger partial charge in [0.25, 0.3) is 0 Å². The Hall–Kier alpha value is -2.10. The van der Waals surface area contributed by atoms with E-state index in [0.29, 0.717) is 18.1 Å². The monoisotopic (exact) mass is 215 g/mol. The van der Waals surface area contributed by atoms with E-state index < -0.39 is 0 Å². The minimum Gasteiger partial charge on any atom is -0.382 e. The molecule has 0 fully saturated rings. The molecule has 0 amide bonds. The molecule has 0 saturated carbocycles. The van der Waals surface area contributed by atoms with Crippen molar-refractivity contribution in [2.45, 2.75) is 6.42 Å². The second-order valence-electron chi connectivity index (χ2n) is 3.69. The maximum atomic E-state index is 11.9. The van der Waals surface area contributed by atoms with Gasteiger partial charge < -0.3 is 10.3 Å². The molecule has 16 heavy (non-hydrogen) atoms. The van der Waals surface area contributed by atoms with E-state index in [-0.39, 0.29) is 5.78 Å². The molecule has 0 aliphatic carbocycles. The van der Waals surface area contributed by atoms with Crippen LogP contribution in [0.25, 0.3) is 0 Å². The Balaban J connectivity index is 2.18.